The lowest BCUT2D eigenvalue weighted by molar-refractivity contribution is -0.118. The van der Waals surface area contributed by atoms with Crippen LogP contribution < -0.4 is 10.6 Å². The molecular weight excluding hydrogens is 291 g/mol. The maximum Gasteiger partial charge on any atom is 0.241 e. The number of anilines is 1. The maximum absolute atomic E-state index is 13.0. The van der Waals surface area contributed by atoms with E-state index in [-0.39, 0.29) is 17.0 Å². The first-order valence-corrected chi connectivity index (χ1v) is 7.07. The second kappa shape index (κ2) is 5.84. The fraction of sp³-hybridized carbons (Fsp3) is 0.188. The normalized spacial score (nSPS) is 17.1. The van der Waals surface area contributed by atoms with Crippen molar-refractivity contribution in [2.24, 2.45) is 0 Å². The van der Waals surface area contributed by atoms with Gasteiger partial charge in [-0.05, 0) is 35.7 Å². The van der Waals surface area contributed by atoms with Crippen LogP contribution in [0, 0.1) is 5.82 Å². The summed E-state index contributed by atoms with van der Waals surface area (Å²) in [5.41, 5.74) is 2.80. The van der Waals surface area contributed by atoms with Crippen LogP contribution in [0.1, 0.15) is 11.1 Å². The molecule has 21 heavy (non-hydrogen) atoms. The minimum atomic E-state index is -0.428. The van der Waals surface area contributed by atoms with Gasteiger partial charge in [0.25, 0.3) is 0 Å². The third-order valence-corrected chi connectivity index (χ3v) is 3.90. The zero-order valence-corrected chi connectivity index (χ0v) is 12.0. The number of fused-ring (bicyclic) bond motifs is 1. The lowest BCUT2D eigenvalue weighted by Gasteiger charge is -2.25. The van der Waals surface area contributed by atoms with Crippen molar-refractivity contribution in [3.8, 4) is 0 Å². The Morgan fingerprint density at radius 2 is 2.00 bits per heavy atom. The second-order valence-corrected chi connectivity index (χ2v) is 5.43. The number of carbonyl (C=O) groups is 1. The average molecular weight is 305 g/mol. The highest BCUT2D eigenvalue weighted by Crippen LogP contribution is 2.23. The first-order chi connectivity index (χ1) is 10.1. The summed E-state index contributed by atoms with van der Waals surface area (Å²) in [6, 6.07) is 11.6. The molecule has 2 aromatic rings. The average Bonchev–Trinajstić information content (AvgIpc) is 2.49. The van der Waals surface area contributed by atoms with Crippen molar-refractivity contribution in [2.75, 3.05) is 5.32 Å². The van der Waals surface area contributed by atoms with Gasteiger partial charge in [0.15, 0.2) is 0 Å². The summed E-state index contributed by atoms with van der Waals surface area (Å²) in [4.78, 5) is 12.3. The van der Waals surface area contributed by atoms with E-state index in [9.17, 15) is 9.18 Å². The van der Waals surface area contributed by atoms with Gasteiger partial charge in [0.05, 0.1) is 16.8 Å². The standard InChI is InChI=1S/C16H14ClFN2O/c17-13-8-12(18)5-6-14(13)20-16(21)15-7-10-3-1-2-4-11(10)9-19-15/h1-6,8,15,19H,7,9H2,(H,20,21)/t15-/m0/s1. The lowest BCUT2D eigenvalue weighted by Crippen LogP contribution is -2.44. The molecule has 0 aliphatic carbocycles. The van der Waals surface area contributed by atoms with Gasteiger partial charge in [0.1, 0.15) is 5.82 Å². The highest BCUT2D eigenvalue weighted by Gasteiger charge is 2.24. The fourth-order valence-electron chi connectivity index (χ4n) is 2.45. The second-order valence-electron chi connectivity index (χ2n) is 5.02. The number of rotatable bonds is 2. The molecule has 0 saturated heterocycles. The Hall–Kier alpha value is -1.91. The van der Waals surface area contributed by atoms with E-state index >= 15 is 0 Å². The number of hydrogen-bond acceptors (Lipinski definition) is 2. The number of benzene rings is 2. The number of hydrogen-bond donors (Lipinski definition) is 2. The summed E-state index contributed by atoms with van der Waals surface area (Å²) in [6.45, 7) is 0.658. The van der Waals surface area contributed by atoms with Crippen LogP contribution in [0.15, 0.2) is 42.5 Å². The lowest BCUT2D eigenvalue weighted by atomic mass is 9.95. The van der Waals surface area contributed by atoms with Gasteiger partial charge in [-0.15, -0.1) is 0 Å². The van der Waals surface area contributed by atoms with Crippen LogP contribution in [0.5, 0.6) is 0 Å². The molecule has 5 heteroatoms. The van der Waals surface area contributed by atoms with Gasteiger partial charge in [-0.1, -0.05) is 35.9 Å². The molecule has 0 radical (unpaired) electrons. The summed E-state index contributed by atoms with van der Waals surface area (Å²) in [7, 11) is 0. The van der Waals surface area contributed by atoms with Crippen LogP contribution in [-0.4, -0.2) is 11.9 Å². The Kier molecular flexibility index (Phi) is 3.90. The zero-order valence-electron chi connectivity index (χ0n) is 11.2. The molecule has 1 atom stereocenters. The van der Waals surface area contributed by atoms with Crippen LogP contribution in [0.4, 0.5) is 10.1 Å². The monoisotopic (exact) mass is 304 g/mol. The Morgan fingerprint density at radius 1 is 1.24 bits per heavy atom. The minimum absolute atomic E-state index is 0.169. The number of halogens is 2. The van der Waals surface area contributed by atoms with Gasteiger partial charge in [0.2, 0.25) is 5.91 Å². The minimum Gasteiger partial charge on any atom is -0.323 e. The van der Waals surface area contributed by atoms with Crippen molar-refractivity contribution in [3.63, 3.8) is 0 Å². The zero-order chi connectivity index (χ0) is 14.8. The van der Waals surface area contributed by atoms with Crippen molar-refractivity contribution in [1.29, 1.82) is 0 Å². The van der Waals surface area contributed by atoms with Gasteiger partial charge in [0, 0.05) is 6.54 Å². The highest BCUT2D eigenvalue weighted by atomic mass is 35.5. The predicted octanol–water partition coefficient (Wildman–Crippen LogP) is 3.13. The van der Waals surface area contributed by atoms with Crippen molar-refractivity contribution in [3.05, 3.63) is 64.4 Å². The molecule has 1 amide bonds. The Balaban J connectivity index is 1.72. The smallest absolute Gasteiger partial charge is 0.241 e. The Bertz CT molecular complexity index is 690. The number of carbonyl (C=O) groups excluding carboxylic acids is 1. The largest absolute Gasteiger partial charge is 0.323 e. The highest BCUT2D eigenvalue weighted by molar-refractivity contribution is 6.33. The molecule has 1 aliphatic heterocycles. The summed E-state index contributed by atoms with van der Waals surface area (Å²) < 4.78 is 13.0. The van der Waals surface area contributed by atoms with Crippen LogP contribution in [0.2, 0.25) is 5.02 Å². The number of amides is 1. The molecule has 0 saturated carbocycles. The summed E-state index contributed by atoms with van der Waals surface area (Å²) in [6.07, 6.45) is 0.626. The SMILES string of the molecule is O=C(Nc1ccc(F)cc1Cl)[C@@H]1Cc2ccccc2CN1. The van der Waals surface area contributed by atoms with Crippen molar-refractivity contribution >= 4 is 23.2 Å². The molecular formula is C16H14ClFN2O. The third-order valence-electron chi connectivity index (χ3n) is 3.59. The van der Waals surface area contributed by atoms with Crippen molar-refractivity contribution in [2.45, 2.75) is 19.0 Å². The van der Waals surface area contributed by atoms with Crippen LogP contribution in [0.25, 0.3) is 0 Å². The third kappa shape index (κ3) is 3.06. The van der Waals surface area contributed by atoms with Crippen LogP contribution in [-0.2, 0) is 17.8 Å². The van der Waals surface area contributed by atoms with Gasteiger partial charge in [-0.2, -0.15) is 0 Å². The number of nitrogens with one attached hydrogen (secondary N) is 2. The van der Waals surface area contributed by atoms with E-state index in [1.165, 1.54) is 29.3 Å². The van der Waals surface area contributed by atoms with E-state index in [0.29, 0.717) is 18.7 Å². The van der Waals surface area contributed by atoms with Crippen molar-refractivity contribution < 1.29 is 9.18 Å². The van der Waals surface area contributed by atoms with Crippen LogP contribution in [0.3, 0.4) is 0 Å². The van der Waals surface area contributed by atoms with Crippen LogP contribution >= 0.6 is 11.6 Å². The van der Waals surface area contributed by atoms with Gasteiger partial charge >= 0.3 is 0 Å². The summed E-state index contributed by atoms with van der Waals surface area (Å²) in [5, 5.41) is 6.13. The molecule has 3 nitrogen and oxygen atoms in total. The fourth-order valence-corrected chi connectivity index (χ4v) is 2.66. The first-order valence-electron chi connectivity index (χ1n) is 6.69. The van der Waals surface area contributed by atoms with E-state index in [2.05, 4.69) is 10.6 Å². The van der Waals surface area contributed by atoms with E-state index in [4.69, 9.17) is 11.6 Å². The molecule has 1 aliphatic rings. The molecule has 3 rings (SSSR count). The predicted molar refractivity (Wildman–Crippen MR) is 80.8 cm³/mol. The Labute approximate surface area is 127 Å². The summed E-state index contributed by atoms with van der Waals surface area (Å²) in [5.74, 6) is -0.597. The Morgan fingerprint density at radius 3 is 2.76 bits per heavy atom. The molecule has 0 fully saturated rings. The maximum atomic E-state index is 13.0. The van der Waals surface area contributed by atoms with E-state index in [0.717, 1.165) is 0 Å². The van der Waals surface area contributed by atoms with E-state index in [1.54, 1.807) is 0 Å². The molecule has 2 aromatic carbocycles. The quantitative estimate of drug-likeness (QED) is 0.895. The van der Waals surface area contributed by atoms with Gasteiger partial charge in [-0.25, -0.2) is 4.39 Å². The topological polar surface area (TPSA) is 41.1 Å². The molecule has 0 spiro atoms. The van der Waals surface area contributed by atoms with Crippen molar-refractivity contribution in [1.82, 2.24) is 5.32 Å². The molecule has 0 aromatic heterocycles. The first kappa shape index (κ1) is 14.0. The molecule has 108 valence electrons. The molecule has 1 heterocycles. The van der Waals surface area contributed by atoms with Gasteiger partial charge < -0.3 is 10.6 Å². The van der Waals surface area contributed by atoms with E-state index < -0.39 is 5.82 Å². The molecule has 2 N–H and O–H groups in total. The summed E-state index contributed by atoms with van der Waals surface area (Å²) >= 11 is 5.92. The van der Waals surface area contributed by atoms with E-state index in [1.807, 2.05) is 24.3 Å². The molecule has 0 unspecified atom stereocenters. The van der Waals surface area contributed by atoms with Gasteiger partial charge in [-0.3, -0.25) is 4.79 Å². The molecule has 0 bridgehead atoms.